The number of thiophene rings is 1. The number of nitrogens with zero attached hydrogens (tertiary/aromatic N) is 1. The Kier molecular flexibility index (Phi) is 5.91. The minimum absolute atomic E-state index is 0.0395. The van der Waals surface area contributed by atoms with Gasteiger partial charge < -0.3 is 24.8 Å². The highest BCUT2D eigenvalue weighted by molar-refractivity contribution is 7.09. The van der Waals surface area contributed by atoms with Crippen LogP contribution in [0, 0.1) is 0 Å². The van der Waals surface area contributed by atoms with Crippen LogP contribution in [0.25, 0.3) is 0 Å². The molecule has 25 heavy (non-hydrogen) atoms. The van der Waals surface area contributed by atoms with Crippen LogP contribution in [-0.4, -0.2) is 38.9 Å². The summed E-state index contributed by atoms with van der Waals surface area (Å²) in [5.74, 6) is 1.33. The van der Waals surface area contributed by atoms with Crippen LogP contribution >= 0.6 is 11.3 Å². The lowest BCUT2D eigenvalue weighted by atomic mass is 10.2. The second-order valence-corrected chi connectivity index (χ2v) is 6.72. The number of anilines is 1. The Bertz CT molecular complexity index is 701. The summed E-state index contributed by atoms with van der Waals surface area (Å²) in [5, 5.41) is 2.00. The molecule has 2 aromatic rings. The summed E-state index contributed by atoms with van der Waals surface area (Å²) in [5.41, 5.74) is 6.44. The van der Waals surface area contributed by atoms with E-state index in [9.17, 15) is 4.79 Å². The minimum Gasteiger partial charge on any atom is -0.486 e. The van der Waals surface area contributed by atoms with Crippen LogP contribution in [0.5, 0.6) is 11.5 Å². The van der Waals surface area contributed by atoms with Gasteiger partial charge >= 0.3 is 0 Å². The van der Waals surface area contributed by atoms with Gasteiger partial charge in [-0.25, -0.2) is 0 Å². The van der Waals surface area contributed by atoms with Crippen molar-refractivity contribution in [2.75, 3.05) is 31.8 Å². The largest absolute Gasteiger partial charge is 0.486 e. The number of amides is 1. The van der Waals surface area contributed by atoms with Gasteiger partial charge in [-0.05, 0) is 23.6 Å². The van der Waals surface area contributed by atoms with Crippen LogP contribution in [0.3, 0.4) is 0 Å². The third-order valence-electron chi connectivity index (χ3n) is 4.03. The number of hydrogen-bond acceptors (Lipinski definition) is 6. The van der Waals surface area contributed by atoms with Crippen LogP contribution in [0.4, 0.5) is 5.69 Å². The normalized spacial score (nSPS) is 14.2. The van der Waals surface area contributed by atoms with Crippen molar-refractivity contribution in [3.05, 3.63) is 40.6 Å². The van der Waals surface area contributed by atoms with Crippen LogP contribution in [0.1, 0.15) is 11.3 Å². The first-order valence-electron chi connectivity index (χ1n) is 8.16. The number of hydrogen-bond donors (Lipinski definition) is 1. The van der Waals surface area contributed by atoms with E-state index in [2.05, 4.69) is 0 Å². The molecule has 1 aromatic heterocycles. The van der Waals surface area contributed by atoms with E-state index < -0.39 is 0 Å². The van der Waals surface area contributed by atoms with Crippen LogP contribution in [-0.2, 0) is 16.1 Å². The van der Waals surface area contributed by atoms with Crippen molar-refractivity contribution in [2.45, 2.75) is 19.1 Å². The molecule has 1 aliphatic rings. The lowest BCUT2D eigenvalue weighted by Gasteiger charge is -2.26. The Balaban J connectivity index is 1.86. The number of carbonyl (C=O) groups excluding carboxylic acids is 1. The summed E-state index contributed by atoms with van der Waals surface area (Å²) in [6.07, 6.45) is -0.0668. The molecule has 1 amide bonds. The molecule has 1 aromatic carbocycles. The van der Waals surface area contributed by atoms with Crippen molar-refractivity contribution in [1.29, 1.82) is 0 Å². The first-order valence-corrected chi connectivity index (χ1v) is 9.04. The molecule has 3 rings (SSSR count). The van der Waals surface area contributed by atoms with Crippen molar-refractivity contribution in [2.24, 2.45) is 5.73 Å². The van der Waals surface area contributed by atoms with Crippen LogP contribution in [0.2, 0.25) is 0 Å². The second kappa shape index (κ2) is 8.33. The van der Waals surface area contributed by atoms with Crippen LogP contribution < -0.4 is 20.1 Å². The van der Waals surface area contributed by atoms with Crippen molar-refractivity contribution < 1.29 is 19.0 Å². The SMILES string of the molecule is COC(CN)CC(=O)N(Cc1cccs1)c1ccc2c(c1)OCCO2. The Morgan fingerprint density at radius 1 is 1.32 bits per heavy atom. The summed E-state index contributed by atoms with van der Waals surface area (Å²) in [6.45, 7) is 1.85. The summed E-state index contributed by atoms with van der Waals surface area (Å²) in [7, 11) is 1.57. The van der Waals surface area contributed by atoms with E-state index in [1.54, 1.807) is 23.3 Å². The molecule has 1 aliphatic heterocycles. The van der Waals surface area contributed by atoms with E-state index in [1.165, 1.54) is 0 Å². The molecule has 0 bridgehead atoms. The molecule has 7 heteroatoms. The number of fused-ring (bicyclic) bond motifs is 1. The zero-order chi connectivity index (χ0) is 17.6. The highest BCUT2D eigenvalue weighted by atomic mass is 32.1. The Morgan fingerprint density at radius 2 is 2.12 bits per heavy atom. The van der Waals surface area contributed by atoms with Crippen molar-refractivity contribution in [3.63, 3.8) is 0 Å². The van der Waals surface area contributed by atoms with Crippen LogP contribution in [0.15, 0.2) is 35.7 Å². The van der Waals surface area contributed by atoms with Gasteiger partial charge in [0, 0.05) is 30.3 Å². The van der Waals surface area contributed by atoms with Gasteiger partial charge in [0.05, 0.1) is 19.1 Å². The average molecular weight is 362 g/mol. The predicted octanol–water partition coefficient (Wildman–Crippen LogP) is 2.42. The number of carbonyl (C=O) groups is 1. The van der Waals surface area contributed by atoms with Gasteiger partial charge in [0.2, 0.25) is 5.91 Å². The molecule has 1 atom stereocenters. The fourth-order valence-corrected chi connectivity index (χ4v) is 3.34. The molecule has 2 N–H and O–H groups in total. The lowest BCUT2D eigenvalue weighted by Crippen LogP contribution is -2.35. The van der Waals surface area contributed by atoms with Gasteiger partial charge in [-0.1, -0.05) is 6.07 Å². The maximum absolute atomic E-state index is 12.9. The number of nitrogens with two attached hydrogens (primary N) is 1. The Labute approximate surface area is 151 Å². The molecule has 0 radical (unpaired) electrons. The van der Waals surface area contributed by atoms with E-state index >= 15 is 0 Å². The molecule has 2 heterocycles. The first-order chi connectivity index (χ1) is 12.2. The highest BCUT2D eigenvalue weighted by Crippen LogP contribution is 2.35. The lowest BCUT2D eigenvalue weighted by molar-refractivity contribution is -0.121. The fourth-order valence-electron chi connectivity index (χ4n) is 2.65. The second-order valence-electron chi connectivity index (χ2n) is 5.68. The Hall–Kier alpha value is -2.09. The molecule has 1 unspecified atom stereocenters. The molecule has 0 saturated carbocycles. The standard InChI is InChI=1S/C18H22N2O4S/c1-22-14(11-19)10-18(21)20(12-15-3-2-8-25-15)13-4-5-16-17(9-13)24-7-6-23-16/h2-5,8-9,14H,6-7,10-12,19H2,1H3. The van der Waals surface area contributed by atoms with Gasteiger partial charge in [0.15, 0.2) is 11.5 Å². The van der Waals surface area contributed by atoms with Gasteiger partial charge in [-0.3, -0.25) is 4.79 Å². The van der Waals surface area contributed by atoms with E-state index in [0.717, 1.165) is 10.6 Å². The zero-order valence-corrected chi connectivity index (χ0v) is 15.0. The molecule has 0 fully saturated rings. The molecule has 0 saturated heterocycles. The van der Waals surface area contributed by atoms with Crippen molar-refractivity contribution in [1.82, 2.24) is 0 Å². The summed E-state index contributed by atoms with van der Waals surface area (Å²) in [6, 6.07) is 9.56. The number of ether oxygens (including phenoxy) is 3. The Morgan fingerprint density at radius 3 is 2.80 bits per heavy atom. The van der Waals surface area contributed by atoms with E-state index in [-0.39, 0.29) is 18.4 Å². The zero-order valence-electron chi connectivity index (χ0n) is 14.1. The minimum atomic E-state index is -0.296. The number of methoxy groups -OCH3 is 1. The summed E-state index contributed by atoms with van der Waals surface area (Å²) < 4.78 is 16.5. The number of rotatable bonds is 7. The summed E-state index contributed by atoms with van der Waals surface area (Å²) >= 11 is 1.62. The third-order valence-corrected chi connectivity index (χ3v) is 4.89. The molecule has 134 valence electrons. The molecule has 6 nitrogen and oxygen atoms in total. The third kappa shape index (κ3) is 4.31. The maximum atomic E-state index is 12.9. The molecule has 0 spiro atoms. The van der Waals surface area contributed by atoms with E-state index in [4.69, 9.17) is 19.9 Å². The average Bonchev–Trinajstić information content (AvgIpc) is 3.17. The number of benzene rings is 1. The maximum Gasteiger partial charge on any atom is 0.229 e. The van der Waals surface area contributed by atoms with E-state index in [0.29, 0.717) is 37.8 Å². The smallest absolute Gasteiger partial charge is 0.229 e. The van der Waals surface area contributed by atoms with Crippen molar-refractivity contribution in [3.8, 4) is 11.5 Å². The topological polar surface area (TPSA) is 74.0 Å². The predicted molar refractivity (Wildman–Crippen MR) is 97.4 cm³/mol. The van der Waals surface area contributed by atoms with Gasteiger partial charge in [0.1, 0.15) is 13.2 Å². The van der Waals surface area contributed by atoms with Gasteiger partial charge in [-0.2, -0.15) is 0 Å². The molecule has 0 aliphatic carbocycles. The monoisotopic (exact) mass is 362 g/mol. The molecular weight excluding hydrogens is 340 g/mol. The van der Waals surface area contributed by atoms with E-state index in [1.807, 2.05) is 35.7 Å². The quantitative estimate of drug-likeness (QED) is 0.819. The summed E-state index contributed by atoms with van der Waals surface area (Å²) in [4.78, 5) is 15.7. The first kappa shape index (κ1) is 17.7. The molecular formula is C18H22N2O4S. The van der Waals surface area contributed by atoms with Crippen molar-refractivity contribution >= 4 is 22.9 Å². The highest BCUT2D eigenvalue weighted by Gasteiger charge is 2.22. The van der Waals surface area contributed by atoms with Gasteiger partial charge in [0.25, 0.3) is 0 Å². The fraction of sp³-hybridized carbons (Fsp3) is 0.389. The van der Waals surface area contributed by atoms with Gasteiger partial charge in [-0.15, -0.1) is 11.3 Å².